The standard InChI is InChI=1S/C29H33N3O4S/c1-21-5-12-25(13-6-21)37(34,35)32-20-28(36-27-17-22(2)7-14-26(27)32)29(33)30-18-23-8-10-24(11-9-23)19-31-15-3-4-16-31/h5-14,17,28H,3-4,15-16,18-20H2,1-2H3,(H,30,33). The molecule has 1 atom stereocenters. The van der Waals surface area contributed by atoms with Crippen molar-refractivity contribution in [1.29, 1.82) is 0 Å². The van der Waals surface area contributed by atoms with E-state index < -0.39 is 16.1 Å². The number of nitrogens with one attached hydrogen (secondary N) is 1. The van der Waals surface area contributed by atoms with Crippen LogP contribution >= 0.6 is 0 Å². The number of nitrogens with zero attached hydrogens (tertiary/aromatic N) is 2. The maximum absolute atomic E-state index is 13.6. The van der Waals surface area contributed by atoms with E-state index in [9.17, 15) is 13.2 Å². The Morgan fingerprint density at radius 2 is 1.57 bits per heavy atom. The highest BCUT2D eigenvalue weighted by Crippen LogP contribution is 2.37. The zero-order valence-corrected chi connectivity index (χ0v) is 22.1. The first-order chi connectivity index (χ1) is 17.8. The highest BCUT2D eigenvalue weighted by atomic mass is 32.2. The lowest BCUT2D eigenvalue weighted by Crippen LogP contribution is -2.50. The van der Waals surface area contributed by atoms with E-state index >= 15 is 0 Å². The third-order valence-corrected chi connectivity index (χ3v) is 8.77. The Hall–Kier alpha value is -3.36. The van der Waals surface area contributed by atoms with Crippen LogP contribution < -0.4 is 14.4 Å². The van der Waals surface area contributed by atoms with Gasteiger partial charge in [0.05, 0.1) is 17.1 Å². The minimum atomic E-state index is -3.88. The molecular weight excluding hydrogens is 486 g/mol. The molecule has 1 unspecified atom stereocenters. The molecule has 7 nitrogen and oxygen atoms in total. The maximum Gasteiger partial charge on any atom is 0.264 e. The highest BCUT2D eigenvalue weighted by molar-refractivity contribution is 7.92. The summed E-state index contributed by atoms with van der Waals surface area (Å²) in [5.41, 5.74) is 4.56. The smallest absolute Gasteiger partial charge is 0.264 e. The Labute approximate surface area is 219 Å². The number of rotatable bonds is 7. The van der Waals surface area contributed by atoms with Gasteiger partial charge in [-0.25, -0.2) is 8.42 Å². The lowest BCUT2D eigenvalue weighted by Gasteiger charge is -2.35. The van der Waals surface area contributed by atoms with Gasteiger partial charge < -0.3 is 10.1 Å². The van der Waals surface area contributed by atoms with Gasteiger partial charge in [-0.1, -0.05) is 48.0 Å². The molecule has 0 aromatic heterocycles. The van der Waals surface area contributed by atoms with Crippen LogP contribution in [-0.2, 0) is 27.9 Å². The fourth-order valence-corrected chi connectivity index (χ4v) is 6.30. The van der Waals surface area contributed by atoms with E-state index in [1.165, 1.54) is 22.7 Å². The van der Waals surface area contributed by atoms with Gasteiger partial charge in [-0.15, -0.1) is 0 Å². The van der Waals surface area contributed by atoms with Crippen LogP contribution in [0.15, 0.2) is 71.6 Å². The van der Waals surface area contributed by atoms with Crippen molar-refractivity contribution < 1.29 is 17.9 Å². The van der Waals surface area contributed by atoms with Gasteiger partial charge >= 0.3 is 0 Å². The highest BCUT2D eigenvalue weighted by Gasteiger charge is 2.37. The minimum Gasteiger partial charge on any atom is -0.476 e. The first kappa shape index (κ1) is 25.3. The molecule has 5 rings (SSSR count). The minimum absolute atomic E-state index is 0.104. The molecule has 3 aromatic rings. The van der Waals surface area contributed by atoms with E-state index in [4.69, 9.17) is 4.74 Å². The second-order valence-corrected chi connectivity index (χ2v) is 11.8. The van der Waals surface area contributed by atoms with Gasteiger partial charge in [-0.2, -0.15) is 0 Å². The van der Waals surface area contributed by atoms with Gasteiger partial charge in [0, 0.05) is 13.1 Å². The number of likely N-dealkylation sites (tertiary alicyclic amines) is 1. The quantitative estimate of drug-likeness (QED) is 0.507. The van der Waals surface area contributed by atoms with Crippen molar-refractivity contribution >= 4 is 21.6 Å². The van der Waals surface area contributed by atoms with Crippen LogP contribution in [0.4, 0.5) is 5.69 Å². The molecule has 194 valence electrons. The largest absolute Gasteiger partial charge is 0.476 e. The Balaban J connectivity index is 1.30. The molecule has 1 saturated heterocycles. The number of ether oxygens (including phenoxy) is 1. The van der Waals surface area contributed by atoms with E-state index in [0.717, 1.165) is 36.3 Å². The summed E-state index contributed by atoms with van der Waals surface area (Å²) in [6.45, 7) is 7.30. The Morgan fingerprint density at radius 1 is 0.919 bits per heavy atom. The van der Waals surface area contributed by atoms with Crippen molar-refractivity contribution in [2.24, 2.45) is 0 Å². The summed E-state index contributed by atoms with van der Waals surface area (Å²) in [4.78, 5) is 15.8. The monoisotopic (exact) mass is 519 g/mol. The van der Waals surface area contributed by atoms with E-state index in [1.54, 1.807) is 36.4 Å². The third-order valence-electron chi connectivity index (χ3n) is 6.98. The average molecular weight is 520 g/mol. The molecule has 2 heterocycles. The molecule has 0 spiro atoms. The van der Waals surface area contributed by atoms with Crippen molar-refractivity contribution in [3.8, 4) is 5.75 Å². The molecule has 0 aliphatic carbocycles. The zero-order chi connectivity index (χ0) is 26.0. The number of benzene rings is 3. The molecule has 1 N–H and O–H groups in total. The fraction of sp³-hybridized carbons (Fsp3) is 0.345. The topological polar surface area (TPSA) is 79.0 Å². The molecule has 0 radical (unpaired) electrons. The van der Waals surface area contributed by atoms with Gasteiger partial charge in [0.15, 0.2) is 6.10 Å². The van der Waals surface area contributed by atoms with Gasteiger partial charge in [0.1, 0.15) is 5.75 Å². The summed E-state index contributed by atoms with van der Waals surface area (Å²) in [7, 11) is -3.88. The fourth-order valence-electron chi connectivity index (χ4n) is 4.83. The summed E-state index contributed by atoms with van der Waals surface area (Å²) in [6, 6.07) is 20.3. The van der Waals surface area contributed by atoms with Gasteiger partial charge in [-0.3, -0.25) is 14.0 Å². The molecule has 2 aliphatic rings. The van der Waals surface area contributed by atoms with Crippen molar-refractivity contribution in [2.75, 3.05) is 23.9 Å². The number of anilines is 1. The first-order valence-electron chi connectivity index (χ1n) is 12.7. The normalized spacial score (nSPS) is 17.8. The van der Waals surface area contributed by atoms with Gasteiger partial charge in [0.2, 0.25) is 0 Å². The molecule has 8 heteroatoms. The van der Waals surface area contributed by atoms with Crippen molar-refractivity contribution in [2.45, 2.75) is 50.8 Å². The summed E-state index contributed by atoms with van der Waals surface area (Å²) in [5, 5.41) is 2.93. The lowest BCUT2D eigenvalue weighted by atomic mass is 10.1. The van der Waals surface area contributed by atoms with Gasteiger partial charge in [0.25, 0.3) is 15.9 Å². The number of aryl methyl sites for hydroxylation is 2. The number of carbonyl (C=O) groups is 1. The van der Waals surface area contributed by atoms with Gasteiger partial charge in [-0.05, 0) is 80.7 Å². The number of fused-ring (bicyclic) bond motifs is 1. The van der Waals surface area contributed by atoms with Crippen molar-refractivity contribution in [3.05, 3.63) is 89.0 Å². The van der Waals surface area contributed by atoms with Crippen LogP contribution in [0.1, 0.15) is 35.1 Å². The third kappa shape index (κ3) is 5.65. The van der Waals surface area contributed by atoms with Crippen LogP contribution in [0.25, 0.3) is 0 Å². The molecular formula is C29H33N3O4S. The predicted molar refractivity (Wildman–Crippen MR) is 144 cm³/mol. The molecule has 1 amide bonds. The van der Waals surface area contributed by atoms with Crippen molar-refractivity contribution in [3.63, 3.8) is 0 Å². The second-order valence-electron chi connectivity index (χ2n) is 9.94. The number of hydrogen-bond acceptors (Lipinski definition) is 5. The predicted octanol–water partition coefficient (Wildman–Crippen LogP) is 4.17. The van der Waals surface area contributed by atoms with E-state index in [1.807, 2.05) is 32.0 Å². The number of amides is 1. The maximum atomic E-state index is 13.6. The van der Waals surface area contributed by atoms with Crippen LogP contribution in [-0.4, -0.2) is 45.0 Å². The van der Waals surface area contributed by atoms with Crippen LogP contribution in [0.3, 0.4) is 0 Å². The molecule has 1 fully saturated rings. The SMILES string of the molecule is Cc1ccc(S(=O)(=O)N2CC(C(=O)NCc3ccc(CN4CCCC4)cc3)Oc3cc(C)ccc32)cc1. The Kier molecular flexibility index (Phi) is 7.22. The average Bonchev–Trinajstić information content (AvgIpc) is 3.40. The Morgan fingerprint density at radius 3 is 2.27 bits per heavy atom. The van der Waals surface area contributed by atoms with Crippen LogP contribution in [0, 0.1) is 13.8 Å². The molecule has 0 saturated carbocycles. The summed E-state index contributed by atoms with van der Waals surface area (Å²) in [5.74, 6) is 0.0331. The number of carbonyl (C=O) groups excluding carboxylic acids is 1. The zero-order valence-electron chi connectivity index (χ0n) is 21.3. The summed E-state index contributed by atoms with van der Waals surface area (Å²) >= 11 is 0. The molecule has 37 heavy (non-hydrogen) atoms. The number of hydrogen-bond donors (Lipinski definition) is 1. The first-order valence-corrected chi connectivity index (χ1v) is 14.2. The lowest BCUT2D eigenvalue weighted by molar-refractivity contribution is -0.127. The van der Waals surface area contributed by atoms with Crippen molar-refractivity contribution in [1.82, 2.24) is 10.2 Å². The van der Waals surface area contributed by atoms with E-state index in [-0.39, 0.29) is 17.3 Å². The summed E-state index contributed by atoms with van der Waals surface area (Å²) in [6.07, 6.45) is 1.56. The second kappa shape index (κ2) is 10.6. The van der Waals surface area contributed by atoms with Crippen LogP contribution in [0.2, 0.25) is 0 Å². The molecule has 2 aliphatic heterocycles. The molecule has 0 bridgehead atoms. The Bertz CT molecular complexity index is 1370. The summed E-state index contributed by atoms with van der Waals surface area (Å²) < 4.78 is 34.5. The molecule has 3 aromatic carbocycles. The van der Waals surface area contributed by atoms with Crippen LogP contribution in [0.5, 0.6) is 5.75 Å². The van der Waals surface area contributed by atoms with E-state index in [0.29, 0.717) is 18.0 Å². The van der Waals surface area contributed by atoms with E-state index in [2.05, 4.69) is 22.3 Å². The number of sulfonamides is 1.